The summed E-state index contributed by atoms with van der Waals surface area (Å²) in [5, 5.41) is 6.61. The standard InChI is InChI=1S/C21H22Cl2N4O2S/c1-2-19(28)27-11-9-26(10-12-27)18-6-4-3-5-17(18)24-21(30)25-20(29)14-7-8-15(22)16(23)13-14/h3-8,13H,2,9-12H2,1H3,(H2,24,25,29,30). The molecular formula is C21H22Cl2N4O2S. The molecule has 0 atom stereocenters. The number of nitrogens with one attached hydrogen (secondary N) is 2. The third kappa shape index (κ3) is 5.41. The Morgan fingerprint density at radius 2 is 1.73 bits per heavy atom. The van der Waals surface area contributed by atoms with Crippen molar-refractivity contribution < 1.29 is 9.59 Å². The summed E-state index contributed by atoms with van der Waals surface area (Å²) in [6.45, 7) is 4.69. The van der Waals surface area contributed by atoms with Crippen LogP contribution in [0, 0.1) is 0 Å². The highest BCUT2D eigenvalue weighted by molar-refractivity contribution is 7.80. The van der Waals surface area contributed by atoms with Crippen molar-refractivity contribution in [2.75, 3.05) is 36.4 Å². The molecule has 0 radical (unpaired) electrons. The Kier molecular flexibility index (Phi) is 7.53. The van der Waals surface area contributed by atoms with E-state index in [4.69, 9.17) is 35.4 Å². The molecule has 2 N–H and O–H groups in total. The summed E-state index contributed by atoms with van der Waals surface area (Å²) in [5.74, 6) is -0.206. The molecule has 0 aliphatic carbocycles. The van der Waals surface area contributed by atoms with E-state index in [1.807, 2.05) is 36.1 Å². The first kappa shape index (κ1) is 22.3. The molecule has 2 aromatic carbocycles. The zero-order chi connectivity index (χ0) is 21.7. The van der Waals surface area contributed by atoms with Crippen molar-refractivity contribution in [3.05, 3.63) is 58.1 Å². The number of benzene rings is 2. The summed E-state index contributed by atoms with van der Waals surface area (Å²) in [6, 6.07) is 12.4. The van der Waals surface area contributed by atoms with Crippen LogP contribution >= 0.6 is 35.4 Å². The Bertz CT molecular complexity index is 962. The summed E-state index contributed by atoms with van der Waals surface area (Å²) in [7, 11) is 0. The van der Waals surface area contributed by atoms with Crippen LogP contribution in [0.2, 0.25) is 10.0 Å². The highest BCUT2D eigenvalue weighted by atomic mass is 35.5. The first-order valence-electron chi connectivity index (χ1n) is 9.58. The zero-order valence-electron chi connectivity index (χ0n) is 16.5. The molecule has 1 heterocycles. The number of para-hydroxylation sites is 2. The molecule has 0 aromatic heterocycles. The van der Waals surface area contributed by atoms with Gasteiger partial charge in [-0.1, -0.05) is 42.3 Å². The maximum atomic E-state index is 12.4. The molecule has 1 saturated heterocycles. The first-order valence-corrected chi connectivity index (χ1v) is 10.7. The molecule has 158 valence electrons. The number of thiocarbonyl (C=S) groups is 1. The third-order valence-corrected chi connectivity index (χ3v) is 5.78. The average molecular weight is 465 g/mol. The van der Waals surface area contributed by atoms with Gasteiger partial charge in [-0.05, 0) is 42.5 Å². The fraction of sp³-hybridized carbons (Fsp3) is 0.286. The lowest BCUT2D eigenvalue weighted by molar-refractivity contribution is -0.131. The fourth-order valence-corrected chi connectivity index (χ4v) is 3.74. The molecule has 1 aliphatic rings. The second kappa shape index (κ2) is 10.1. The number of hydrogen-bond donors (Lipinski definition) is 2. The topological polar surface area (TPSA) is 64.7 Å². The lowest BCUT2D eigenvalue weighted by Gasteiger charge is -2.37. The van der Waals surface area contributed by atoms with Crippen LogP contribution in [0.3, 0.4) is 0 Å². The predicted octanol–water partition coefficient (Wildman–Crippen LogP) is 4.18. The van der Waals surface area contributed by atoms with Crippen LogP contribution in [0.5, 0.6) is 0 Å². The number of halogens is 2. The number of anilines is 2. The van der Waals surface area contributed by atoms with E-state index in [2.05, 4.69) is 15.5 Å². The largest absolute Gasteiger partial charge is 0.366 e. The smallest absolute Gasteiger partial charge is 0.257 e. The lowest BCUT2D eigenvalue weighted by atomic mass is 10.2. The van der Waals surface area contributed by atoms with Crippen molar-refractivity contribution in [3.8, 4) is 0 Å². The SMILES string of the molecule is CCC(=O)N1CCN(c2ccccc2NC(=S)NC(=O)c2ccc(Cl)c(Cl)c2)CC1. The van der Waals surface area contributed by atoms with E-state index in [0.29, 0.717) is 35.1 Å². The molecule has 2 aromatic rings. The fourth-order valence-electron chi connectivity index (χ4n) is 3.24. The van der Waals surface area contributed by atoms with E-state index in [1.54, 1.807) is 12.1 Å². The molecule has 3 rings (SSSR count). The first-order chi connectivity index (χ1) is 14.4. The zero-order valence-corrected chi connectivity index (χ0v) is 18.8. The molecule has 1 aliphatic heterocycles. The summed E-state index contributed by atoms with van der Waals surface area (Å²) in [4.78, 5) is 28.4. The van der Waals surface area contributed by atoms with E-state index in [9.17, 15) is 9.59 Å². The number of piperazine rings is 1. The molecule has 0 saturated carbocycles. The number of amides is 2. The van der Waals surface area contributed by atoms with Crippen LogP contribution < -0.4 is 15.5 Å². The quantitative estimate of drug-likeness (QED) is 0.664. The molecule has 0 unspecified atom stereocenters. The van der Waals surface area contributed by atoms with Gasteiger partial charge in [0.15, 0.2) is 5.11 Å². The Morgan fingerprint density at radius 3 is 2.40 bits per heavy atom. The normalized spacial score (nSPS) is 13.7. The number of carbonyl (C=O) groups is 2. The van der Waals surface area contributed by atoms with Gasteiger partial charge in [-0.3, -0.25) is 14.9 Å². The maximum absolute atomic E-state index is 12.4. The van der Waals surface area contributed by atoms with Crippen LogP contribution in [0.1, 0.15) is 23.7 Å². The number of rotatable bonds is 4. The van der Waals surface area contributed by atoms with E-state index in [1.165, 1.54) is 6.07 Å². The van der Waals surface area contributed by atoms with Crippen LogP contribution in [-0.4, -0.2) is 48.0 Å². The summed E-state index contributed by atoms with van der Waals surface area (Å²) < 4.78 is 0. The number of hydrogen-bond acceptors (Lipinski definition) is 4. The van der Waals surface area contributed by atoms with E-state index in [-0.39, 0.29) is 16.9 Å². The Hall–Kier alpha value is -2.35. The molecule has 6 nitrogen and oxygen atoms in total. The monoisotopic (exact) mass is 464 g/mol. The minimum Gasteiger partial charge on any atom is -0.366 e. The second-order valence-electron chi connectivity index (χ2n) is 6.78. The second-order valence-corrected chi connectivity index (χ2v) is 8.00. The Balaban J connectivity index is 1.64. The van der Waals surface area contributed by atoms with E-state index < -0.39 is 0 Å². The molecule has 0 bridgehead atoms. The molecule has 30 heavy (non-hydrogen) atoms. The van der Waals surface area contributed by atoms with Crippen molar-refractivity contribution >= 4 is 63.7 Å². The summed E-state index contributed by atoms with van der Waals surface area (Å²) in [6.07, 6.45) is 0.519. The van der Waals surface area contributed by atoms with Gasteiger partial charge < -0.3 is 15.1 Å². The molecular weight excluding hydrogens is 443 g/mol. The van der Waals surface area contributed by atoms with Gasteiger partial charge in [-0.15, -0.1) is 0 Å². The average Bonchev–Trinajstić information content (AvgIpc) is 2.75. The van der Waals surface area contributed by atoms with Crippen molar-refractivity contribution in [1.82, 2.24) is 10.2 Å². The van der Waals surface area contributed by atoms with Crippen molar-refractivity contribution in [2.24, 2.45) is 0 Å². The number of nitrogens with zero attached hydrogens (tertiary/aromatic N) is 2. The minimum atomic E-state index is -0.379. The molecule has 1 fully saturated rings. The van der Waals surface area contributed by atoms with Gasteiger partial charge in [0.05, 0.1) is 21.4 Å². The van der Waals surface area contributed by atoms with Gasteiger partial charge >= 0.3 is 0 Å². The van der Waals surface area contributed by atoms with Gasteiger partial charge in [-0.25, -0.2) is 0 Å². The van der Waals surface area contributed by atoms with Crippen LogP contribution in [0.15, 0.2) is 42.5 Å². The maximum Gasteiger partial charge on any atom is 0.257 e. The highest BCUT2D eigenvalue weighted by Crippen LogP contribution is 2.27. The highest BCUT2D eigenvalue weighted by Gasteiger charge is 2.22. The van der Waals surface area contributed by atoms with Gasteiger partial charge in [0, 0.05) is 38.2 Å². The number of carbonyl (C=O) groups excluding carboxylic acids is 2. The Morgan fingerprint density at radius 1 is 1.03 bits per heavy atom. The lowest BCUT2D eigenvalue weighted by Crippen LogP contribution is -2.48. The van der Waals surface area contributed by atoms with Crippen molar-refractivity contribution in [3.63, 3.8) is 0 Å². The van der Waals surface area contributed by atoms with Gasteiger partial charge in [0.25, 0.3) is 5.91 Å². The van der Waals surface area contributed by atoms with Crippen molar-refractivity contribution in [1.29, 1.82) is 0 Å². The molecule has 2 amide bonds. The third-order valence-electron chi connectivity index (χ3n) is 4.84. The van der Waals surface area contributed by atoms with Crippen LogP contribution in [0.4, 0.5) is 11.4 Å². The van der Waals surface area contributed by atoms with Gasteiger partial charge in [0.2, 0.25) is 5.91 Å². The van der Waals surface area contributed by atoms with E-state index in [0.717, 1.165) is 24.5 Å². The van der Waals surface area contributed by atoms with Crippen LogP contribution in [-0.2, 0) is 4.79 Å². The molecule has 0 spiro atoms. The van der Waals surface area contributed by atoms with Crippen LogP contribution in [0.25, 0.3) is 0 Å². The predicted molar refractivity (Wildman–Crippen MR) is 126 cm³/mol. The minimum absolute atomic E-state index is 0.173. The van der Waals surface area contributed by atoms with Crippen molar-refractivity contribution in [2.45, 2.75) is 13.3 Å². The van der Waals surface area contributed by atoms with Gasteiger partial charge in [0.1, 0.15) is 0 Å². The summed E-state index contributed by atoms with van der Waals surface area (Å²) in [5.41, 5.74) is 2.11. The van der Waals surface area contributed by atoms with Gasteiger partial charge in [-0.2, -0.15) is 0 Å². The molecule has 9 heteroatoms. The Labute approximate surface area is 191 Å². The van der Waals surface area contributed by atoms with E-state index >= 15 is 0 Å². The summed E-state index contributed by atoms with van der Waals surface area (Å²) >= 11 is 17.2.